The third-order valence-electron chi connectivity index (χ3n) is 3.63. The highest BCUT2D eigenvalue weighted by atomic mass is 19.1. The number of hydrogen-bond acceptors (Lipinski definition) is 2. The molecule has 0 aliphatic rings. The first-order valence-electron chi connectivity index (χ1n) is 6.51. The number of hydrogen-bond donors (Lipinski definition) is 1. The lowest BCUT2D eigenvalue weighted by molar-refractivity contribution is 0.0965. The smallest absolute Gasteiger partial charge is 0.171 e. The highest BCUT2D eigenvalue weighted by Gasteiger charge is 2.31. The molecule has 0 amide bonds. The summed E-state index contributed by atoms with van der Waals surface area (Å²) in [5.41, 5.74) is 1.45. The molecule has 2 aromatic carbocycles. The Hall–Kier alpha value is -1.87. The molecule has 1 unspecified atom stereocenters. The molecule has 0 radical (unpaired) electrons. The molecule has 0 aromatic heterocycles. The van der Waals surface area contributed by atoms with Gasteiger partial charge in [0.25, 0.3) is 0 Å². The number of rotatable bonds is 3. The fourth-order valence-electron chi connectivity index (χ4n) is 2.45. The molecular weight excluding hydrogens is 255 g/mol. The monoisotopic (exact) mass is 274 g/mol. The minimum absolute atomic E-state index is 0.132. The highest BCUT2D eigenvalue weighted by Crippen LogP contribution is 2.35. The molecule has 0 saturated carbocycles. The summed E-state index contributed by atoms with van der Waals surface area (Å²) in [4.78, 5) is 0. The van der Waals surface area contributed by atoms with Crippen molar-refractivity contribution in [2.75, 3.05) is 7.11 Å². The Kier molecular flexibility index (Phi) is 3.82. The lowest BCUT2D eigenvalue weighted by Crippen LogP contribution is -2.25. The number of ether oxygens (including phenoxy) is 1. The van der Waals surface area contributed by atoms with Gasteiger partial charge in [-0.05, 0) is 38.0 Å². The van der Waals surface area contributed by atoms with E-state index in [9.17, 15) is 9.50 Å². The molecular formula is C17H19FO2. The fraction of sp³-hybridized carbons (Fsp3) is 0.294. The summed E-state index contributed by atoms with van der Waals surface area (Å²) >= 11 is 0. The Morgan fingerprint density at radius 3 is 2.45 bits per heavy atom. The number of aliphatic hydroxyl groups is 1. The van der Waals surface area contributed by atoms with E-state index in [0.717, 1.165) is 11.1 Å². The molecule has 0 heterocycles. The zero-order chi connectivity index (χ0) is 14.9. The van der Waals surface area contributed by atoms with E-state index < -0.39 is 11.4 Å². The molecule has 0 aliphatic heterocycles. The van der Waals surface area contributed by atoms with Gasteiger partial charge in [0, 0.05) is 5.56 Å². The lowest BCUT2D eigenvalue weighted by Gasteiger charge is -2.27. The Labute approximate surface area is 118 Å². The Balaban J connectivity index is 2.63. The van der Waals surface area contributed by atoms with Gasteiger partial charge in [-0.2, -0.15) is 0 Å². The highest BCUT2D eigenvalue weighted by molar-refractivity contribution is 5.44. The van der Waals surface area contributed by atoms with Gasteiger partial charge in [-0.1, -0.05) is 35.9 Å². The van der Waals surface area contributed by atoms with E-state index in [1.54, 1.807) is 19.1 Å². The van der Waals surface area contributed by atoms with Gasteiger partial charge < -0.3 is 9.84 Å². The molecule has 2 nitrogen and oxygen atoms in total. The van der Waals surface area contributed by atoms with Gasteiger partial charge in [-0.15, -0.1) is 0 Å². The van der Waals surface area contributed by atoms with Crippen LogP contribution in [0.3, 0.4) is 0 Å². The summed E-state index contributed by atoms with van der Waals surface area (Å²) in [5, 5.41) is 10.9. The molecule has 0 aliphatic carbocycles. The minimum atomic E-state index is -1.41. The van der Waals surface area contributed by atoms with Crippen LogP contribution in [0.2, 0.25) is 0 Å². The molecule has 0 fully saturated rings. The van der Waals surface area contributed by atoms with Crippen LogP contribution in [0.25, 0.3) is 0 Å². The third kappa shape index (κ3) is 2.41. The molecule has 0 spiro atoms. The zero-order valence-electron chi connectivity index (χ0n) is 12.2. The maximum absolute atomic E-state index is 14.4. The standard InChI is InChI=1S/C17H19FO2/c1-11-8-9-12(2)14(10-11)17(3,19)13-6-5-7-15(20-4)16(13)18/h5-10,19H,1-4H3. The van der Waals surface area contributed by atoms with Crippen LogP contribution in [0.15, 0.2) is 36.4 Å². The van der Waals surface area contributed by atoms with Crippen molar-refractivity contribution < 1.29 is 14.2 Å². The summed E-state index contributed by atoms with van der Waals surface area (Å²) < 4.78 is 19.4. The van der Waals surface area contributed by atoms with E-state index in [0.29, 0.717) is 5.56 Å². The minimum Gasteiger partial charge on any atom is -0.494 e. The summed E-state index contributed by atoms with van der Waals surface area (Å²) in [6, 6.07) is 10.6. The van der Waals surface area contributed by atoms with Gasteiger partial charge in [-0.3, -0.25) is 0 Å². The van der Waals surface area contributed by atoms with Crippen molar-refractivity contribution in [3.05, 3.63) is 64.5 Å². The quantitative estimate of drug-likeness (QED) is 0.924. The molecule has 2 rings (SSSR count). The third-order valence-corrected chi connectivity index (χ3v) is 3.63. The Morgan fingerprint density at radius 2 is 1.80 bits per heavy atom. The predicted octanol–water partition coefficient (Wildman–Crippen LogP) is 3.71. The van der Waals surface area contributed by atoms with Crippen LogP contribution >= 0.6 is 0 Å². The van der Waals surface area contributed by atoms with Crippen LogP contribution in [0.4, 0.5) is 4.39 Å². The largest absolute Gasteiger partial charge is 0.494 e. The maximum atomic E-state index is 14.4. The van der Waals surface area contributed by atoms with E-state index in [-0.39, 0.29) is 11.3 Å². The molecule has 1 N–H and O–H groups in total. The second-order valence-corrected chi connectivity index (χ2v) is 5.21. The van der Waals surface area contributed by atoms with Crippen molar-refractivity contribution in [2.24, 2.45) is 0 Å². The van der Waals surface area contributed by atoms with Gasteiger partial charge in [-0.25, -0.2) is 4.39 Å². The van der Waals surface area contributed by atoms with Crippen molar-refractivity contribution in [3.63, 3.8) is 0 Å². The molecule has 2 aromatic rings. The number of methoxy groups -OCH3 is 1. The average molecular weight is 274 g/mol. The van der Waals surface area contributed by atoms with E-state index in [2.05, 4.69) is 0 Å². The SMILES string of the molecule is COc1cccc(C(C)(O)c2cc(C)ccc2C)c1F. The molecule has 0 bridgehead atoms. The van der Waals surface area contributed by atoms with Crippen LogP contribution < -0.4 is 4.74 Å². The summed E-state index contributed by atoms with van der Waals surface area (Å²) in [5.74, 6) is -0.394. The van der Waals surface area contributed by atoms with Crippen molar-refractivity contribution in [3.8, 4) is 5.75 Å². The first-order valence-corrected chi connectivity index (χ1v) is 6.51. The van der Waals surface area contributed by atoms with Crippen molar-refractivity contribution >= 4 is 0 Å². The number of benzene rings is 2. The van der Waals surface area contributed by atoms with Crippen LogP contribution in [0.5, 0.6) is 5.75 Å². The molecule has 1 atom stereocenters. The van der Waals surface area contributed by atoms with Crippen molar-refractivity contribution in [2.45, 2.75) is 26.4 Å². The van der Waals surface area contributed by atoms with Gasteiger partial charge in [0.15, 0.2) is 11.6 Å². The first-order chi connectivity index (χ1) is 9.37. The van der Waals surface area contributed by atoms with E-state index >= 15 is 0 Å². The maximum Gasteiger partial charge on any atom is 0.171 e. The van der Waals surface area contributed by atoms with Gasteiger partial charge in [0.05, 0.1) is 7.11 Å². The van der Waals surface area contributed by atoms with E-state index in [4.69, 9.17) is 4.74 Å². The van der Waals surface area contributed by atoms with E-state index in [1.165, 1.54) is 13.2 Å². The summed E-state index contributed by atoms with van der Waals surface area (Å²) in [6.45, 7) is 5.45. The average Bonchev–Trinajstić information content (AvgIpc) is 2.41. The zero-order valence-corrected chi connectivity index (χ0v) is 12.2. The number of aryl methyl sites for hydroxylation is 2. The second kappa shape index (κ2) is 5.25. The Bertz CT molecular complexity index is 633. The van der Waals surface area contributed by atoms with E-state index in [1.807, 2.05) is 32.0 Å². The fourth-order valence-corrected chi connectivity index (χ4v) is 2.45. The van der Waals surface area contributed by atoms with Crippen LogP contribution in [0, 0.1) is 19.7 Å². The second-order valence-electron chi connectivity index (χ2n) is 5.21. The first kappa shape index (κ1) is 14.5. The van der Waals surface area contributed by atoms with Gasteiger partial charge in [0.1, 0.15) is 5.60 Å². The lowest BCUT2D eigenvalue weighted by atomic mass is 9.84. The normalized spacial score (nSPS) is 13.9. The Morgan fingerprint density at radius 1 is 1.10 bits per heavy atom. The summed E-state index contributed by atoms with van der Waals surface area (Å²) in [6.07, 6.45) is 0. The van der Waals surface area contributed by atoms with Crippen LogP contribution in [-0.4, -0.2) is 12.2 Å². The number of halogens is 1. The molecule has 20 heavy (non-hydrogen) atoms. The molecule has 106 valence electrons. The van der Waals surface area contributed by atoms with Gasteiger partial charge >= 0.3 is 0 Å². The molecule has 3 heteroatoms. The van der Waals surface area contributed by atoms with Crippen LogP contribution in [0.1, 0.15) is 29.2 Å². The van der Waals surface area contributed by atoms with Crippen LogP contribution in [-0.2, 0) is 5.60 Å². The summed E-state index contributed by atoms with van der Waals surface area (Å²) in [7, 11) is 1.41. The van der Waals surface area contributed by atoms with Crippen molar-refractivity contribution in [1.82, 2.24) is 0 Å². The van der Waals surface area contributed by atoms with Crippen molar-refractivity contribution in [1.29, 1.82) is 0 Å². The van der Waals surface area contributed by atoms with Gasteiger partial charge in [0.2, 0.25) is 0 Å². The predicted molar refractivity (Wildman–Crippen MR) is 77.5 cm³/mol. The molecule has 0 saturated heterocycles. The topological polar surface area (TPSA) is 29.5 Å².